The van der Waals surface area contributed by atoms with E-state index in [1.54, 1.807) is 51.1 Å². The molecule has 0 atom stereocenters. The van der Waals surface area contributed by atoms with E-state index in [4.69, 9.17) is 14.2 Å². The third kappa shape index (κ3) is 6.29. The quantitative estimate of drug-likeness (QED) is 0.254. The summed E-state index contributed by atoms with van der Waals surface area (Å²) in [6, 6.07) is 17.1. The largest absolute Gasteiger partial charge is 0.423 e. The highest BCUT2D eigenvalue weighted by Crippen LogP contribution is 2.24. The standard InChI is InChI=1S/C28H24O6/c1-17(2)26(29)32-23-10-12-24(13-11-23)33-28(31)19(5)14-20-6-7-22-16-25(9-8-21(22)15-20)34-27(30)18(3)4/h6-16H,1,3H2,2,4-5H3/b19-14+. The van der Waals surface area contributed by atoms with E-state index < -0.39 is 17.9 Å². The van der Waals surface area contributed by atoms with Crippen LogP contribution in [0.2, 0.25) is 0 Å². The highest BCUT2D eigenvalue weighted by atomic mass is 16.5. The van der Waals surface area contributed by atoms with Gasteiger partial charge in [-0.25, -0.2) is 14.4 Å². The van der Waals surface area contributed by atoms with E-state index in [2.05, 4.69) is 13.2 Å². The maximum atomic E-state index is 12.5. The number of ether oxygens (including phenoxy) is 3. The SMILES string of the molecule is C=C(C)C(=O)Oc1ccc(OC(=O)/C(C)=C/c2ccc3cc(OC(=O)C(=C)C)ccc3c2)cc1. The highest BCUT2D eigenvalue weighted by Gasteiger charge is 2.10. The van der Waals surface area contributed by atoms with Crippen molar-refractivity contribution in [2.45, 2.75) is 20.8 Å². The predicted octanol–water partition coefficient (Wildman–Crippen LogP) is 5.81. The molecule has 6 heteroatoms. The van der Waals surface area contributed by atoms with Crippen LogP contribution in [0.4, 0.5) is 0 Å². The van der Waals surface area contributed by atoms with Crippen LogP contribution < -0.4 is 14.2 Å². The molecule has 0 saturated carbocycles. The zero-order chi connectivity index (χ0) is 24.8. The van der Waals surface area contributed by atoms with Crippen molar-refractivity contribution in [2.24, 2.45) is 0 Å². The third-order valence-corrected chi connectivity index (χ3v) is 4.69. The summed E-state index contributed by atoms with van der Waals surface area (Å²) in [6.45, 7) is 11.9. The maximum absolute atomic E-state index is 12.5. The molecule has 0 heterocycles. The van der Waals surface area contributed by atoms with Crippen LogP contribution in [0, 0.1) is 0 Å². The lowest BCUT2D eigenvalue weighted by Crippen LogP contribution is -2.10. The summed E-state index contributed by atoms with van der Waals surface area (Å²) in [4.78, 5) is 35.8. The van der Waals surface area contributed by atoms with Gasteiger partial charge in [0.15, 0.2) is 0 Å². The zero-order valence-corrected chi connectivity index (χ0v) is 19.2. The lowest BCUT2D eigenvalue weighted by Gasteiger charge is -2.08. The molecule has 0 aromatic heterocycles. The second-order valence-corrected chi connectivity index (χ2v) is 7.80. The van der Waals surface area contributed by atoms with E-state index in [1.807, 2.05) is 24.3 Å². The first kappa shape index (κ1) is 24.2. The lowest BCUT2D eigenvalue weighted by atomic mass is 10.0. The molecule has 172 valence electrons. The molecular formula is C28H24O6. The zero-order valence-electron chi connectivity index (χ0n) is 19.2. The summed E-state index contributed by atoms with van der Waals surface area (Å²) in [5, 5.41) is 1.81. The molecule has 0 N–H and O–H groups in total. The summed E-state index contributed by atoms with van der Waals surface area (Å²) in [5.41, 5.74) is 1.83. The molecule has 0 aliphatic rings. The Morgan fingerprint density at radius 1 is 0.618 bits per heavy atom. The van der Waals surface area contributed by atoms with Gasteiger partial charge in [0.2, 0.25) is 0 Å². The Hall–Kier alpha value is -4.45. The van der Waals surface area contributed by atoms with Gasteiger partial charge < -0.3 is 14.2 Å². The molecule has 0 aliphatic carbocycles. The number of hydrogen-bond acceptors (Lipinski definition) is 6. The van der Waals surface area contributed by atoms with Crippen LogP contribution in [0.25, 0.3) is 16.8 Å². The molecule has 6 nitrogen and oxygen atoms in total. The lowest BCUT2D eigenvalue weighted by molar-refractivity contribution is -0.131. The summed E-state index contributed by atoms with van der Waals surface area (Å²) in [5.74, 6) is -0.423. The number of carbonyl (C=O) groups is 3. The molecule has 3 aromatic rings. The average molecular weight is 456 g/mol. The Bertz CT molecular complexity index is 1330. The Labute approximate surface area is 197 Å². The van der Waals surface area contributed by atoms with Gasteiger partial charge >= 0.3 is 17.9 Å². The topological polar surface area (TPSA) is 78.9 Å². The highest BCUT2D eigenvalue weighted by molar-refractivity contribution is 5.96. The second-order valence-electron chi connectivity index (χ2n) is 7.80. The maximum Gasteiger partial charge on any atom is 0.339 e. The number of hydrogen-bond donors (Lipinski definition) is 0. The summed E-state index contributed by atoms with van der Waals surface area (Å²) < 4.78 is 15.8. The van der Waals surface area contributed by atoms with E-state index in [1.165, 1.54) is 12.1 Å². The van der Waals surface area contributed by atoms with Gasteiger partial charge in [-0.3, -0.25) is 0 Å². The van der Waals surface area contributed by atoms with E-state index >= 15 is 0 Å². The molecule has 3 rings (SSSR count). The Kier molecular flexibility index (Phi) is 7.43. The van der Waals surface area contributed by atoms with Gasteiger partial charge in [0, 0.05) is 16.7 Å². The first-order valence-corrected chi connectivity index (χ1v) is 10.4. The van der Waals surface area contributed by atoms with Crippen LogP contribution in [0.5, 0.6) is 17.2 Å². The van der Waals surface area contributed by atoms with Gasteiger partial charge in [-0.2, -0.15) is 0 Å². The Morgan fingerprint density at radius 3 is 1.62 bits per heavy atom. The van der Waals surface area contributed by atoms with Crippen molar-refractivity contribution in [3.63, 3.8) is 0 Å². The van der Waals surface area contributed by atoms with Crippen LogP contribution in [0.15, 0.2) is 90.5 Å². The van der Waals surface area contributed by atoms with Gasteiger partial charge in [-0.15, -0.1) is 0 Å². The second kappa shape index (κ2) is 10.4. The van der Waals surface area contributed by atoms with Crippen LogP contribution in [-0.2, 0) is 14.4 Å². The number of rotatable bonds is 7. The molecule has 0 spiro atoms. The van der Waals surface area contributed by atoms with Crippen LogP contribution >= 0.6 is 0 Å². The number of benzene rings is 3. The van der Waals surface area contributed by atoms with Gasteiger partial charge in [-0.1, -0.05) is 31.4 Å². The molecule has 0 amide bonds. The van der Waals surface area contributed by atoms with Crippen LogP contribution in [0.1, 0.15) is 26.3 Å². The average Bonchev–Trinajstić information content (AvgIpc) is 2.80. The molecule has 0 aliphatic heterocycles. The first-order chi connectivity index (χ1) is 16.1. The van der Waals surface area contributed by atoms with E-state index in [0.29, 0.717) is 28.4 Å². The number of esters is 3. The minimum Gasteiger partial charge on any atom is -0.423 e. The molecule has 0 unspecified atom stereocenters. The van der Waals surface area contributed by atoms with Crippen molar-refractivity contribution in [2.75, 3.05) is 0 Å². The van der Waals surface area contributed by atoms with Crippen molar-refractivity contribution in [1.82, 2.24) is 0 Å². The van der Waals surface area contributed by atoms with Gasteiger partial charge in [0.1, 0.15) is 17.2 Å². The molecule has 34 heavy (non-hydrogen) atoms. The van der Waals surface area contributed by atoms with E-state index in [-0.39, 0.29) is 5.57 Å². The minimum atomic E-state index is -0.525. The van der Waals surface area contributed by atoms with Gasteiger partial charge in [0.25, 0.3) is 0 Å². The smallest absolute Gasteiger partial charge is 0.339 e. The Balaban J connectivity index is 1.68. The third-order valence-electron chi connectivity index (χ3n) is 4.69. The van der Waals surface area contributed by atoms with Crippen molar-refractivity contribution < 1.29 is 28.6 Å². The fraction of sp³-hybridized carbons (Fsp3) is 0.107. The van der Waals surface area contributed by atoms with Gasteiger partial charge in [-0.05, 0) is 85.6 Å². The van der Waals surface area contributed by atoms with E-state index in [0.717, 1.165) is 16.3 Å². The van der Waals surface area contributed by atoms with Crippen molar-refractivity contribution >= 4 is 34.8 Å². The van der Waals surface area contributed by atoms with Crippen molar-refractivity contribution in [1.29, 1.82) is 0 Å². The summed E-state index contributed by atoms with van der Waals surface area (Å²) >= 11 is 0. The van der Waals surface area contributed by atoms with Crippen molar-refractivity contribution in [3.05, 3.63) is 96.1 Å². The molecule has 0 bridgehead atoms. The number of fused-ring (bicyclic) bond motifs is 1. The Morgan fingerprint density at radius 2 is 1.06 bits per heavy atom. The molecule has 0 radical (unpaired) electrons. The normalized spacial score (nSPS) is 11.0. The van der Waals surface area contributed by atoms with Gasteiger partial charge in [0.05, 0.1) is 0 Å². The van der Waals surface area contributed by atoms with E-state index in [9.17, 15) is 14.4 Å². The molecule has 0 saturated heterocycles. The minimum absolute atomic E-state index is 0.289. The molecule has 0 fully saturated rings. The fourth-order valence-electron chi connectivity index (χ4n) is 2.86. The fourth-order valence-corrected chi connectivity index (χ4v) is 2.86. The molecule has 3 aromatic carbocycles. The van der Waals surface area contributed by atoms with Crippen molar-refractivity contribution in [3.8, 4) is 17.2 Å². The first-order valence-electron chi connectivity index (χ1n) is 10.4. The monoisotopic (exact) mass is 456 g/mol. The predicted molar refractivity (Wildman–Crippen MR) is 131 cm³/mol. The summed E-state index contributed by atoms with van der Waals surface area (Å²) in [7, 11) is 0. The molecular weight excluding hydrogens is 432 g/mol. The van der Waals surface area contributed by atoms with Crippen LogP contribution in [0.3, 0.4) is 0 Å². The van der Waals surface area contributed by atoms with Crippen LogP contribution in [-0.4, -0.2) is 17.9 Å². The number of carbonyl (C=O) groups excluding carboxylic acids is 3. The summed E-state index contributed by atoms with van der Waals surface area (Å²) in [6.07, 6.45) is 1.72.